The van der Waals surface area contributed by atoms with E-state index in [1.165, 1.54) is 12.1 Å². The van der Waals surface area contributed by atoms with E-state index in [-0.39, 0.29) is 23.3 Å². The van der Waals surface area contributed by atoms with Gasteiger partial charge in [0, 0.05) is 12.1 Å². The van der Waals surface area contributed by atoms with Gasteiger partial charge in [-0.3, -0.25) is 9.59 Å². The topological polar surface area (TPSA) is 66.4 Å². The number of hydrogen-bond donors (Lipinski definition) is 2. The molecule has 1 aromatic carbocycles. The van der Waals surface area contributed by atoms with Crippen LogP contribution < -0.4 is 5.32 Å². The first-order valence-corrected chi connectivity index (χ1v) is 6.47. The summed E-state index contributed by atoms with van der Waals surface area (Å²) in [6, 6.07) is 4.03. The maximum absolute atomic E-state index is 13.6. The Hall–Kier alpha value is -1.91. The van der Waals surface area contributed by atoms with Crippen LogP contribution in [0.1, 0.15) is 39.2 Å². The molecule has 0 fully saturated rings. The fourth-order valence-corrected chi connectivity index (χ4v) is 1.64. The number of rotatable bonds is 5. The Morgan fingerprint density at radius 1 is 1.30 bits per heavy atom. The summed E-state index contributed by atoms with van der Waals surface area (Å²) in [5.41, 5.74) is 0.509. The normalized spacial score (nSPS) is 11.2. The summed E-state index contributed by atoms with van der Waals surface area (Å²) in [7, 11) is 0. The molecule has 0 aliphatic rings. The minimum absolute atomic E-state index is 0.0634. The number of carboxylic acid groups (broad SMARTS) is 1. The van der Waals surface area contributed by atoms with E-state index in [2.05, 4.69) is 5.32 Å². The van der Waals surface area contributed by atoms with Gasteiger partial charge in [0.25, 0.3) is 0 Å². The lowest BCUT2D eigenvalue weighted by Gasteiger charge is -2.17. The van der Waals surface area contributed by atoms with Gasteiger partial charge in [0.1, 0.15) is 5.82 Å². The van der Waals surface area contributed by atoms with Crippen LogP contribution in [0.3, 0.4) is 0 Å². The average Bonchev–Trinajstić information content (AvgIpc) is 2.29. The second-order valence-electron chi connectivity index (χ2n) is 5.99. The number of aliphatic carboxylic acids is 1. The third-order valence-electron chi connectivity index (χ3n) is 2.78. The Bertz CT molecular complexity index is 506. The van der Waals surface area contributed by atoms with Crippen LogP contribution in [-0.2, 0) is 16.0 Å². The van der Waals surface area contributed by atoms with E-state index >= 15 is 0 Å². The molecule has 0 aliphatic carbocycles. The van der Waals surface area contributed by atoms with Crippen molar-refractivity contribution >= 4 is 17.6 Å². The number of hydrogen-bond acceptors (Lipinski definition) is 2. The number of amides is 1. The van der Waals surface area contributed by atoms with Gasteiger partial charge >= 0.3 is 5.97 Å². The van der Waals surface area contributed by atoms with Crippen LogP contribution in [0.4, 0.5) is 10.1 Å². The fourth-order valence-electron chi connectivity index (χ4n) is 1.64. The maximum Gasteiger partial charge on any atom is 0.307 e. The molecule has 110 valence electrons. The summed E-state index contributed by atoms with van der Waals surface area (Å²) < 4.78 is 13.6. The molecule has 0 radical (unpaired) electrons. The molecule has 0 heterocycles. The van der Waals surface area contributed by atoms with Crippen LogP contribution in [0.2, 0.25) is 0 Å². The van der Waals surface area contributed by atoms with Crippen LogP contribution in [0, 0.1) is 11.2 Å². The molecule has 0 aliphatic heterocycles. The van der Waals surface area contributed by atoms with Gasteiger partial charge in [-0.1, -0.05) is 26.8 Å². The lowest BCUT2D eigenvalue weighted by Crippen LogP contribution is -2.15. The summed E-state index contributed by atoms with van der Waals surface area (Å²) in [5.74, 6) is -1.89. The number of carboxylic acids is 1. The molecule has 0 bridgehead atoms. The van der Waals surface area contributed by atoms with Crippen molar-refractivity contribution in [3.05, 3.63) is 29.6 Å². The van der Waals surface area contributed by atoms with Gasteiger partial charge in [-0.15, -0.1) is 0 Å². The Morgan fingerprint density at radius 3 is 2.45 bits per heavy atom. The van der Waals surface area contributed by atoms with Gasteiger partial charge in [-0.2, -0.15) is 0 Å². The quantitative estimate of drug-likeness (QED) is 0.870. The lowest BCUT2D eigenvalue weighted by molar-refractivity contribution is -0.136. The Balaban J connectivity index is 2.63. The maximum atomic E-state index is 13.6. The molecule has 4 nitrogen and oxygen atoms in total. The van der Waals surface area contributed by atoms with Crippen LogP contribution in [0.15, 0.2) is 18.2 Å². The highest BCUT2D eigenvalue weighted by atomic mass is 19.1. The lowest BCUT2D eigenvalue weighted by atomic mass is 9.90. The van der Waals surface area contributed by atoms with Crippen molar-refractivity contribution in [3.63, 3.8) is 0 Å². The van der Waals surface area contributed by atoms with Gasteiger partial charge in [0.05, 0.1) is 6.42 Å². The third kappa shape index (κ3) is 5.82. The zero-order valence-corrected chi connectivity index (χ0v) is 12.0. The van der Waals surface area contributed by atoms with E-state index in [0.717, 1.165) is 12.5 Å². The van der Waals surface area contributed by atoms with Crippen molar-refractivity contribution < 1.29 is 19.1 Å². The Labute approximate surface area is 118 Å². The van der Waals surface area contributed by atoms with E-state index in [1.54, 1.807) is 0 Å². The number of carbonyl (C=O) groups excluding carboxylic acids is 1. The molecule has 1 amide bonds. The molecule has 1 aromatic rings. The highest BCUT2D eigenvalue weighted by Crippen LogP contribution is 2.21. The predicted molar refractivity (Wildman–Crippen MR) is 75.1 cm³/mol. The minimum Gasteiger partial charge on any atom is -0.481 e. The van der Waals surface area contributed by atoms with Crippen LogP contribution >= 0.6 is 0 Å². The standard InChI is InChI=1S/C15H20FNO3/c1-15(2,3)7-6-13(18)17-11-5-4-10(8-14(19)20)12(16)9-11/h4-5,9H,6-8H2,1-3H3,(H,17,18)(H,19,20). The van der Waals surface area contributed by atoms with E-state index in [0.29, 0.717) is 12.1 Å². The summed E-state index contributed by atoms with van der Waals surface area (Å²) >= 11 is 0. The molecule has 20 heavy (non-hydrogen) atoms. The van der Waals surface area contributed by atoms with Crippen molar-refractivity contribution in [1.82, 2.24) is 0 Å². The zero-order chi connectivity index (χ0) is 15.3. The third-order valence-corrected chi connectivity index (χ3v) is 2.78. The number of carbonyl (C=O) groups is 2. The van der Waals surface area contributed by atoms with Gasteiger partial charge in [-0.05, 0) is 29.5 Å². The molecule has 1 rings (SSSR count). The molecule has 0 saturated carbocycles. The van der Waals surface area contributed by atoms with Crippen LogP contribution in [-0.4, -0.2) is 17.0 Å². The molecule has 5 heteroatoms. The molecule has 0 unspecified atom stereocenters. The van der Waals surface area contributed by atoms with Gasteiger partial charge in [0.2, 0.25) is 5.91 Å². The molecular formula is C15H20FNO3. The van der Waals surface area contributed by atoms with Gasteiger partial charge < -0.3 is 10.4 Å². The molecule has 0 spiro atoms. The monoisotopic (exact) mass is 281 g/mol. The molecule has 0 atom stereocenters. The highest BCUT2D eigenvalue weighted by molar-refractivity contribution is 5.90. The van der Waals surface area contributed by atoms with Crippen molar-refractivity contribution in [2.75, 3.05) is 5.32 Å². The number of nitrogens with one attached hydrogen (secondary N) is 1. The molecular weight excluding hydrogens is 261 g/mol. The van der Waals surface area contributed by atoms with E-state index < -0.39 is 11.8 Å². The number of anilines is 1. The van der Waals surface area contributed by atoms with Gasteiger partial charge in [0.15, 0.2) is 0 Å². The highest BCUT2D eigenvalue weighted by Gasteiger charge is 2.14. The minimum atomic E-state index is -1.09. The van der Waals surface area contributed by atoms with Crippen molar-refractivity contribution in [2.24, 2.45) is 5.41 Å². The predicted octanol–water partition coefficient (Wildman–Crippen LogP) is 3.22. The molecule has 2 N–H and O–H groups in total. The Morgan fingerprint density at radius 2 is 1.95 bits per heavy atom. The summed E-state index contributed by atoms with van der Waals surface area (Å²) in [5, 5.41) is 11.2. The van der Waals surface area contributed by atoms with Gasteiger partial charge in [-0.25, -0.2) is 4.39 Å². The number of halogens is 1. The zero-order valence-electron chi connectivity index (χ0n) is 12.0. The smallest absolute Gasteiger partial charge is 0.307 e. The number of benzene rings is 1. The first-order valence-electron chi connectivity index (χ1n) is 6.47. The summed E-state index contributed by atoms with van der Waals surface area (Å²) in [6.45, 7) is 6.13. The van der Waals surface area contributed by atoms with E-state index in [9.17, 15) is 14.0 Å². The molecule has 0 aromatic heterocycles. The van der Waals surface area contributed by atoms with Crippen LogP contribution in [0.25, 0.3) is 0 Å². The van der Waals surface area contributed by atoms with Crippen LogP contribution in [0.5, 0.6) is 0 Å². The SMILES string of the molecule is CC(C)(C)CCC(=O)Nc1ccc(CC(=O)O)c(F)c1. The first-order chi connectivity index (χ1) is 9.17. The van der Waals surface area contributed by atoms with Crippen molar-refractivity contribution in [1.29, 1.82) is 0 Å². The molecule has 0 saturated heterocycles. The van der Waals surface area contributed by atoms with E-state index in [4.69, 9.17) is 5.11 Å². The summed E-state index contributed by atoms with van der Waals surface area (Å²) in [6.07, 6.45) is 0.727. The van der Waals surface area contributed by atoms with Crippen molar-refractivity contribution in [2.45, 2.75) is 40.0 Å². The second-order valence-corrected chi connectivity index (χ2v) is 5.99. The second kappa shape index (κ2) is 6.50. The Kier molecular flexibility index (Phi) is 5.25. The first kappa shape index (κ1) is 16.1. The average molecular weight is 281 g/mol. The largest absolute Gasteiger partial charge is 0.481 e. The summed E-state index contributed by atoms with van der Waals surface area (Å²) in [4.78, 5) is 22.2. The van der Waals surface area contributed by atoms with E-state index in [1.807, 2.05) is 20.8 Å². The van der Waals surface area contributed by atoms with Crippen molar-refractivity contribution in [3.8, 4) is 0 Å². The fraction of sp³-hybridized carbons (Fsp3) is 0.467.